The Balaban J connectivity index is 1.14. The van der Waals surface area contributed by atoms with Crippen molar-refractivity contribution < 1.29 is 4.42 Å². The van der Waals surface area contributed by atoms with E-state index in [1.807, 2.05) is 11.3 Å². The smallest absolute Gasteiger partial charge is 0.264 e. The molecule has 16 rings (SSSR count). The minimum Gasteiger partial charge on any atom is -0.454 e. The van der Waals surface area contributed by atoms with Crippen LogP contribution in [-0.4, -0.2) is 15.8 Å². The number of aromatic nitrogens is 2. The molecule has 10 aromatic carbocycles. The lowest BCUT2D eigenvalue weighted by molar-refractivity contribution is 0.590. The Bertz CT molecular complexity index is 5160. The molecular formula is C82H77BN4OS. The normalized spacial score (nSPS) is 13.9. The molecule has 0 saturated heterocycles. The number of anilines is 6. The third-order valence-corrected chi connectivity index (χ3v) is 20.9. The van der Waals surface area contributed by atoms with Crippen molar-refractivity contribution in [1.82, 2.24) is 9.13 Å². The maximum Gasteiger partial charge on any atom is 0.264 e. The second-order valence-electron chi connectivity index (χ2n) is 30.7. The first kappa shape index (κ1) is 55.5. The first-order chi connectivity index (χ1) is 42.3. The van der Waals surface area contributed by atoms with Crippen LogP contribution in [0, 0.1) is 0 Å². The van der Waals surface area contributed by atoms with Gasteiger partial charge in [0, 0.05) is 69.9 Å². The van der Waals surface area contributed by atoms with E-state index in [-0.39, 0.29) is 33.8 Å². The van der Waals surface area contributed by atoms with Crippen LogP contribution < -0.4 is 25.5 Å². The summed E-state index contributed by atoms with van der Waals surface area (Å²) in [5, 5.41) is 8.42. The highest BCUT2D eigenvalue weighted by Gasteiger charge is 2.48. The average molecular weight is 1180 g/mol. The van der Waals surface area contributed by atoms with E-state index in [4.69, 9.17) is 4.42 Å². The molecular weight excluding hydrogens is 1100 g/mol. The van der Waals surface area contributed by atoms with E-state index < -0.39 is 0 Å². The number of hydrogen-bond donors (Lipinski definition) is 0. The Morgan fingerprint density at radius 3 is 1.27 bits per heavy atom. The van der Waals surface area contributed by atoms with Crippen LogP contribution in [0.1, 0.15) is 132 Å². The highest BCUT2D eigenvalue weighted by Crippen LogP contribution is 2.54. The molecule has 0 fully saturated rings. The van der Waals surface area contributed by atoms with Crippen molar-refractivity contribution in [1.29, 1.82) is 0 Å². The lowest BCUT2D eigenvalue weighted by Crippen LogP contribution is -2.60. The van der Waals surface area contributed by atoms with Gasteiger partial charge in [0.05, 0.1) is 39.1 Å². The van der Waals surface area contributed by atoms with Crippen molar-refractivity contribution in [3.63, 3.8) is 0 Å². The third-order valence-electron chi connectivity index (χ3n) is 19.7. The molecule has 0 atom stereocenters. The van der Waals surface area contributed by atoms with Crippen LogP contribution in [0.2, 0.25) is 0 Å². The molecule has 0 spiro atoms. The summed E-state index contributed by atoms with van der Waals surface area (Å²) in [5.41, 5.74) is 24.1. The van der Waals surface area contributed by atoms with Gasteiger partial charge in [-0.3, -0.25) is 0 Å². The number of hydrogen-bond acceptors (Lipinski definition) is 4. The molecule has 7 heteroatoms. The lowest BCUT2D eigenvalue weighted by Gasteiger charge is -2.44. The minimum absolute atomic E-state index is 0.0316. The van der Waals surface area contributed by atoms with Gasteiger partial charge in [0.1, 0.15) is 11.3 Å². The second-order valence-corrected chi connectivity index (χ2v) is 31.8. The van der Waals surface area contributed by atoms with Gasteiger partial charge < -0.3 is 23.4 Å². The fourth-order valence-electron chi connectivity index (χ4n) is 14.7. The molecule has 0 saturated carbocycles. The summed E-state index contributed by atoms with van der Waals surface area (Å²) >= 11 is 1.97. The molecule has 2 aliphatic rings. The summed E-state index contributed by atoms with van der Waals surface area (Å²) in [5.74, 6) is 0. The Labute approximate surface area is 527 Å². The molecule has 6 heterocycles. The van der Waals surface area contributed by atoms with Crippen molar-refractivity contribution in [2.24, 2.45) is 0 Å². The number of para-hydroxylation sites is 3. The predicted octanol–water partition coefficient (Wildman–Crippen LogP) is 21.6. The predicted molar refractivity (Wildman–Crippen MR) is 385 cm³/mol. The minimum atomic E-state index is -0.201. The first-order valence-electron chi connectivity index (χ1n) is 31.9. The molecule has 0 N–H and O–H groups in total. The average Bonchev–Trinajstić information content (AvgIpc) is 1.66. The Hall–Kier alpha value is -8.78. The molecule has 0 amide bonds. The van der Waals surface area contributed by atoms with Gasteiger partial charge in [0.15, 0.2) is 5.58 Å². The summed E-state index contributed by atoms with van der Waals surface area (Å²) in [4.78, 5) is 5.31. The molecule has 2 aliphatic heterocycles. The quantitative estimate of drug-likeness (QED) is 0.165. The second kappa shape index (κ2) is 18.9. The Morgan fingerprint density at radius 1 is 0.337 bits per heavy atom. The van der Waals surface area contributed by atoms with Gasteiger partial charge in [-0.2, -0.15) is 0 Å². The largest absolute Gasteiger partial charge is 0.454 e. The Morgan fingerprint density at radius 2 is 0.764 bits per heavy atom. The van der Waals surface area contributed by atoms with Crippen molar-refractivity contribution in [2.75, 3.05) is 9.80 Å². The van der Waals surface area contributed by atoms with Gasteiger partial charge in [-0.25, -0.2) is 0 Å². The summed E-state index contributed by atoms with van der Waals surface area (Å²) < 4.78 is 15.3. The number of rotatable bonds is 4. The monoisotopic (exact) mass is 1180 g/mol. The molecule has 0 aliphatic carbocycles. The third kappa shape index (κ3) is 8.40. The number of benzene rings is 10. The van der Waals surface area contributed by atoms with E-state index in [0.29, 0.717) is 0 Å². The van der Waals surface area contributed by atoms with Crippen LogP contribution in [0.5, 0.6) is 0 Å². The zero-order valence-electron chi connectivity index (χ0n) is 54.2. The van der Waals surface area contributed by atoms with Crippen molar-refractivity contribution >= 4 is 144 Å². The summed E-state index contributed by atoms with van der Waals surface area (Å²) in [6.07, 6.45) is 0. The molecule has 89 heavy (non-hydrogen) atoms. The van der Waals surface area contributed by atoms with Crippen LogP contribution >= 0.6 is 11.3 Å². The lowest BCUT2D eigenvalue weighted by atomic mass is 9.36. The van der Waals surface area contributed by atoms with Crippen LogP contribution in [0.3, 0.4) is 0 Å². The van der Waals surface area contributed by atoms with Crippen molar-refractivity contribution in [2.45, 2.75) is 131 Å². The van der Waals surface area contributed by atoms with E-state index >= 15 is 0 Å². The van der Waals surface area contributed by atoms with Crippen LogP contribution in [0.4, 0.5) is 34.1 Å². The molecule has 0 bridgehead atoms. The molecule has 14 aromatic rings. The van der Waals surface area contributed by atoms with Gasteiger partial charge in [0.25, 0.3) is 6.71 Å². The van der Waals surface area contributed by atoms with Crippen LogP contribution in [-0.2, 0) is 27.1 Å². The highest BCUT2D eigenvalue weighted by molar-refractivity contribution is 7.33. The molecule has 440 valence electrons. The highest BCUT2D eigenvalue weighted by atomic mass is 32.1. The van der Waals surface area contributed by atoms with Crippen LogP contribution in [0.25, 0.3) is 87.0 Å². The number of furan rings is 1. The molecule has 4 aromatic heterocycles. The van der Waals surface area contributed by atoms with E-state index in [1.54, 1.807) is 0 Å². The molecule has 0 unspecified atom stereocenters. The van der Waals surface area contributed by atoms with Gasteiger partial charge >= 0.3 is 0 Å². The SMILES string of the molecule is CC(C)(C)c1ccc(N2c3cc(-n4c5ccccc5c5ccccc54)cc4c3B(c3cc5c(oc6ccccc65)c(-n5c6ccc(C(C)(C)C)cc6c6cc(C(C)(C)C)ccc65)c32)c2sc3ccc(C(C)(C)C)cc3c2N4c2ccc(C(C)(C)C)cc2)cc1. The number of fused-ring (bicyclic) bond motifs is 15. The van der Waals surface area contributed by atoms with Crippen molar-refractivity contribution in [3.8, 4) is 11.4 Å². The summed E-state index contributed by atoms with van der Waals surface area (Å²) in [6.45, 7) is 34.7. The van der Waals surface area contributed by atoms with E-state index in [2.05, 4.69) is 317 Å². The van der Waals surface area contributed by atoms with Gasteiger partial charge in [-0.15, -0.1) is 11.3 Å². The van der Waals surface area contributed by atoms with Crippen LogP contribution in [0.15, 0.2) is 199 Å². The zero-order valence-corrected chi connectivity index (χ0v) is 55.0. The number of thiophene rings is 1. The molecule has 0 radical (unpaired) electrons. The maximum atomic E-state index is 7.56. The topological polar surface area (TPSA) is 29.5 Å². The fraction of sp³-hybridized carbons (Fsp3) is 0.244. The summed E-state index contributed by atoms with van der Waals surface area (Å²) in [7, 11) is 0. The maximum absolute atomic E-state index is 7.56. The van der Waals surface area contributed by atoms with E-state index in [0.717, 1.165) is 67.1 Å². The van der Waals surface area contributed by atoms with E-state index in [1.165, 1.54) is 97.6 Å². The standard InChI is InChI=1S/C82H77BN4OS/c1-78(2,3)48-28-35-53(36-29-48)85-68-45-55(84-64-25-19-16-22-56(64)57-23-17-20-26-65(57)84)46-69-72(68)83(77-73(85)62-44-52(82(13,14)15)34-41-71(62)89-77)63-47-61-58-24-18-21-27-70(58)88-76(61)75(74(63)86(69)54-37-30-49(31-38-54)79(4,5)6)87-66-39-32-50(80(7,8)9)42-59(66)60-43-51(81(10,11)12)33-40-67(60)87/h16-47H,1-15H3. The van der Waals surface area contributed by atoms with E-state index in [9.17, 15) is 0 Å². The van der Waals surface area contributed by atoms with Gasteiger partial charge in [0.2, 0.25) is 0 Å². The van der Waals surface area contributed by atoms with Crippen molar-refractivity contribution in [3.05, 3.63) is 222 Å². The van der Waals surface area contributed by atoms with Gasteiger partial charge in [-0.05, 0) is 157 Å². The molecule has 5 nitrogen and oxygen atoms in total. The number of nitrogens with zero attached hydrogens (tertiary/aromatic N) is 4. The summed E-state index contributed by atoms with van der Waals surface area (Å²) in [6, 6.07) is 75.1. The Kier molecular flexibility index (Phi) is 11.8. The fourth-order valence-corrected chi connectivity index (χ4v) is 16.0. The van der Waals surface area contributed by atoms with Gasteiger partial charge in [-0.1, -0.05) is 207 Å². The zero-order chi connectivity index (χ0) is 61.7. The first-order valence-corrected chi connectivity index (χ1v) is 32.8.